The van der Waals surface area contributed by atoms with E-state index in [4.69, 9.17) is 4.42 Å². The number of furan rings is 1. The zero-order valence-corrected chi connectivity index (χ0v) is 13.3. The van der Waals surface area contributed by atoms with Gasteiger partial charge in [-0.25, -0.2) is 5.43 Å². The van der Waals surface area contributed by atoms with E-state index in [1.54, 1.807) is 7.05 Å². The van der Waals surface area contributed by atoms with Crippen LogP contribution in [0.5, 0.6) is 0 Å². The van der Waals surface area contributed by atoms with E-state index in [2.05, 4.69) is 43.0 Å². The molecule has 2 aromatic rings. The molecule has 11 heteroatoms. The molecule has 2 rings (SSSR count). The lowest BCUT2D eigenvalue weighted by Gasteiger charge is -2.07. The molecule has 0 bridgehead atoms. The van der Waals surface area contributed by atoms with E-state index in [-0.39, 0.29) is 17.6 Å². The molecule has 0 saturated carbocycles. The van der Waals surface area contributed by atoms with Gasteiger partial charge in [-0.2, -0.15) is 20.1 Å². The highest BCUT2D eigenvalue weighted by atomic mass is 16.6. The molecule has 0 radical (unpaired) electrons. The van der Waals surface area contributed by atoms with Crippen LogP contribution in [0.15, 0.2) is 21.7 Å². The third-order valence-corrected chi connectivity index (χ3v) is 2.82. The summed E-state index contributed by atoms with van der Waals surface area (Å²) in [5.41, 5.74) is 2.63. The predicted octanol–water partition coefficient (Wildman–Crippen LogP) is 2.07. The summed E-state index contributed by atoms with van der Waals surface area (Å²) in [5, 5.41) is 20.4. The highest BCUT2D eigenvalue weighted by Crippen LogP contribution is 2.14. The summed E-state index contributed by atoms with van der Waals surface area (Å²) < 4.78 is 4.95. The van der Waals surface area contributed by atoms with Crippen molar-refractivity contribution in [2.24, 2.45) is 5.10 Å². The summed E-state index contributed by atoms with van der Waals surface area (Å²) >= 11 is 0. The van der Waals surface area contributed by atoms with Crippen LogP contribution in [-0.4, -0.2) is 39.7 Å². The molecule has 2 heterocycles. The maximum absolute atomic E-state index is 10.5. The molecule has 0 fully saturated rings. The van der Waals surface area contributed by atoms with E-state index in [0.717, 1.165) is 19.4 Å². The van der Waals surface area contributed by atoms with Gasteiger partial charge in [0, 0.05) is 13.6 Å². The van der Waals surface area contributed by atoms with Gasteiger partial charge >= 0.3 is 5.88 Å². The van der Waals surface area contributed by atoms with Gasteiger partial charge in [0.1, 0.15) is 4.92 Å². The number of hydrazone groups is 1. The van der Waals surface area contributed by atoms with Crippen LogP contribution in [-0.2, 0) is 0 Å². The molecule has 2 aromatic heterocycles. The number of nitro groups is 1. The van der Waals surface area contributed by atoms with Crippen molar-refractivity contribution in [1.82, 2.24) is 15.0 Å². The zero-order chi connectivity index (χ0) is 17.4. The van der Waals surface area contributed by atoms with Crippen LogP contribution < -0.4 is 16.1 Å². The molecule has 0 saturated heterocycles. The van der Waals surface area contributed by atoms with Crippen LogP contribution in [0.4, 0.5) is 23.7 Å². The number of anilines is 3. The summed E-state index contributed by atoms with van der Waals surface area (Å²) in [6.45, 7) is 2.84. The predicted molar refractivity (Wildman–Crippen MR) is 89.4 cm³/mol. The average Bonchev–Trinajstić information content (AvgIpc) is 3.04. The van der Waals surface area contributed by atoms with E-state index in [0.29, 0.717) is 11.9 Å². The van der Waals surface area contributed by atoms with Crippen molar-refractivity contribution >= 4 is 29.9 Å². The second kappa shape index (κ2) is 8.41. The molecule has 0 atom stereocenters. The van der Waals surface area contributed by atoms with Crippen LogP contribution in [0, 0.1) is 10.1 Å². The second-order valence-electron chi connectivity index (χ2n) is 4.64. The molecular weight excluding hydrogens is 316 g/mol. The smallest absolute Gasteiger partial charge is 0.400 e. The first-order chi connectivity index (χ1) is 11.6. The lowest BCUT2D eigenvalue weighted by molar-refractivity contribution is -0.402. The Hall–Kier alpha value is -3.24. The molecular formula is C13H18N8O3. The molecule has 128 valence electrons. The van der Waals surface area contributed by atoms with Gasteiger partial charge in [0.25, 0.3) is 0 Å². The molecule has 24 heavy (non-hydrogen) atoms. The van der Waals surface area contributed by atoms with Crippen LogP contribution in [0.2, 0.25) is 0 Å². The minimum absolute atomic E-state index is 0.227. The maximum atomic E-state index is 10.5. The number of unbranched alkanes of at least 4 members (excludes halogenated alkanes) is 1. The Kier molecular flexibility index (Phi) is 6.00. The largest absolute Gasteiger partial charge is 0.433 e. The van der Waals surface area contributed by atoms with Crippen molar-refractivity contribution in [2.45, 2.75) is 19.8 Å². The summed E-state index contributed by atoms with van der Waals surface area (Å²) in [6, 6.07) is 2.69. The first-order valence-corrected chi connectivity index (χ1v) is 7.33. The number of nitrogens with one attached hydrogen (secondary N) is 3. The molecule has 0 amide bonds. The number of aromatic nitrogens is 3. The SMILES string of the molecule is CCCCNc1nc(NC)nc(N/N=C/c2ccc([N+](=O)[O-])o2)n1. The Morgan fingerprint density at radius 2 is 2.04 bits per heavy atom. The lowest BCUT2D eigenvalue weighted by Crippen LogP contribution is -2.10. The summed E-state index contributed by atoms with van der Waals surface area (Å²) in [6.07, 6.45) is 3.35. The van der Waals surface area contributed by atoms with Crippen LogP contribution in [0.1, 0.15) is 25.5 Å². The van der Waals surface area contributed by atoms with Gasteiger partial charge in [0.15, 0.2) is 5.76 Å². The van der Waals surface area contributed by atoms with E-state index in [1.165, 1.54) is 18.3 Å². The van der Waals surface area contributed by atoms with Gasteiger partial charge in [-0.1, -0.05) is 13.3 Å². The lowest BCUT2D eigenvalue weighted by atomic mass is 10.3. The third-order valence-electron chi connectivity index (χ3n) is 2.82. The number of hydrogen-bond donors (Lipinski definition) is 3. The van der Waals surface area contributed by atoms with Crippen molar-refractivity contribution in [2.75, 3.05) is 29.7 Å². The van der Waals surface area contributed by atoms with Crippen LogP contribution in [0.25, 0.3) is 0 Å². The molecule has 0 unspecified atom stereocenters. The van der Waals surface area contributed by atoms with Gasteiger partial charge < -0.3 is 15.1 Å². The van der Waals surface area contributed by atoms with Crippen molar-refractivity contribution in [3.63, 3.8) is 0 Å². The number of hydrogen-bond acceptors (Lipinski definition) is 10. The molecule has 0 spiro atoms. The molecule has 11 nitrogen and oxygen atoms in total. The first-order valence-electron chi connectivity index (χ1n) is 7.33. The Bertz CT molecular complexity index is 715. The Balaban J connectivity index is 2.03. The first kappa shape index (κ1) is 17.1. The summed E-state index contributed by atoms with van der Waals surface area (Å²) in [5.74, 6) is 0.921. The van der Waals surface area contributed by atoms with E-state index < -0.39 is 4.92 Å². The zero-order valence-electron chi connectivity index (χ0n) is 13.3. The van der Waals surface area contributed by atoms with Crippen molar-refractivity contribution < 1.29 is 9.34 Å². The van der Waals surface area contributed by atoms with Crippen molar-refractivity contribution in [1.29, 1.82) is 0 Å². The monoisotopic (exact) mass is 334 g/mol. The van der Waals surface area contributed by atoms with Gasteiger partial charge in [0.05, 0.1) is 12.3 Å². The molecule has 0 aliphatic carbocycles. The van der Waals surface area contributed by atoms with E-state index in [9.17, 15) is 10.1 Å². The Morgan fingerprint density at radius 3 is 2.71 bits per heavy atom. The Labute approximate surface area is 137 Å². The van der Waals surface area contributed by atoms with Crippen LogP contribution in [0.3, 0.4) is 0 Å². The maximum Gasteiger partial charge on any atom is 0.433 e. The molecule has 3 N–H and O–H groups in total. The number of nitrogens with zero attached hydrogens (tertiary/aromatic N) is 5. The standard InChI is InChI=1S/C13H18N8O3/c1-3-4-7-15-12-17-11(14-2)18-13(19-12)20-16-8-9-5-6-10(24-9)21(22)23/h5-6,8H,3-4,7H2,1-2H3,(H3,14,15,17,18,19,20)/b16-8+. The normalized spacial score (nSPS) is 10.8. The topological polar surface area (TPSA) is 143 Å². The van der Waals surface area contributed by atoms with Gasteiger partial charge in [-0.05, 0) is 12.5 Å². The highest BCUT2D eigenvalue weighted by molar-refractivity contribution is 5.76. The fraction of sp³-hybridized carbons (Fsp3) is 0.385. The minimum atomic E-state index is -0.621. The third kappa shape index (κ3) is 4.90. The summed E-state index contributed by atoms with van der Waals surface area (Å²) in [7, 11) is 1.69. The average molecular weight is 334 g/mol. The highest BCUT2D eigenvalue weighted by Gasteiger charge is 2.10. The van der Waals surface area contributed by atoms with Gasteiger partial charge in [-0.3, -0.25) is 10.1 Å². The Morgan fingerprint density at radius 1 is 1.29 bits per heavy atom. The summed E-state index contributed by atoms with van der Waals surface area (Å²) in [4.78, 5) is 22.4. The van der Waals surface area contributed by atoms with Crippen molar-refractivity contribution in [3.05, 3.63) is 28.0 Å². The van der Waals surface area contributed by atoms with Gasteiger partial charge in [-0.15, -0.1) is 0 Å². The second-order valence-corrected chi connectivity index (χ2v) is 4.64. The molecule has 0 aromatic carbocycles. The van der Waals surface area contributed by atoms with Crippen molar-refractivity contribution in [3.8, 4) is 0 Å². The fourth-order valence-corrected chi connectivity index (χ4v) is 1.66. The minimum Gasteiger partial charge on any atom is -0.400 e. The number of rotatable bonds is 9. The fourth-order valence-electron chi connectivity index (χ4n) is 1.66. The molecule has 0 aliphatic heterocycles. The van der Waals surface area contributed by atoms with E-state index in [1.807, 2.05) is 0 Å². The van der Waals surface area contributed by atoms with Crippen LogP contribution >= 0.6 is 0 Å². The van der Waals surface area contributed by atoms with Gasteiger partial charge in [0.2, 0.25) is 17.8 Å². The quantitative estimate of drug-likeness (QED) is 0.271. The molecule has 0 aliphatic rings. The van der Waals surface area contributed by atoms with E-state index >= 15 is 0 Å².